The van der Waals surface area contributed by atoms with Gasteiger partial charge in [-0.05, 0) is 23.6 Å². The highest BCUT2D eigenvalue weighted by atomic mass is 32.2. The summed E-state index contributed by atoms with van der Waals surface area (Å²) >= 11 is 0. The van der Waals surface area contributed by atoms with Gasteiger partial charge in [0, 0.05) is 19.4 Å². The highest BCUT2D eigenvalue weighted by molar-refractivity contribution is 7.89. The van der Waals surface area contributed by atoms with Crippen molar-refractivity contribution in [3.63, 3.8) is 0 Å². The molecule has 0 aliphatic heterocycles. The normalized spacial score (nSPS) is 13.6. The smallest absolute Gasteiger partial charge is 0.244 e. The van der Waals surface area contributed by atoms with Gasteiger partial charge in [-0.3, -0.25) is 4.98 Å². The first-order valence-corrected chi connectivity index (χ1v) is 8.31. The molecule has 0 aliphatic carbocycles. The third-order valence-corrected chi connectivity index (χ3v) is 5.30. The molecule has 0 amide bonds. The number of nitrogens with zero attached hydrogens (tertiary/aromatic N) is 2. The lowest BCUT2D eigenvalue weighted by Gasteiger charge is -2.30. The molecule has 0 radical (unpaired) electrons. The van der Waals surface area contributed by atoms with Crippen molar-refractivity contribution in [2.45, 2.75) is 24.8 Å². The van der Waals surface area contributed by atoms with Crippen LogP contribution in [0.4, 0.5) is 0 Å². The van der Waals surface area contributed by atoms with E-state index in [1.165, 1.54) is 10.5 Å². The zero-order valence-electron chi connectivity index (χ0n) is 12.5. The van der Waals surface area contributed by atoms with Crippen LogP contribution in [0.25, 0.3) is 0 Å². The van der Waals surface area contributed by atoms with E-state index in [-0.39, 0.29) is 16.9 Å². The van der Waals surface area contributed by atoms with E-state index in [9.17, 15) is 8.42 Å². The van der Waals surface area contributed by atoms with Crippen LogP contribution in [-0.2, 0) is 10.0 Å². The molecular formula is C16H20N2O2S. The predicted molar refractivity (Wildman–Crippen MR) is 83.2 cm³/mol. The Morgan fingerprint density at radius 1 is 1.05 bits per heavy atom. The van der Waals surface area contributed by atoms with Gasteiger partial charge in [0.15, 0.2) is 0 Å². The van der Waals surface area contributed by atoms with Crippen molar-refractivity contribution in [2.75, 3.05) is 7.05 Å². The van der Waals surface area contributed by atoms with Crippen LogP contribution < -0.4 is 0 Å². The van der Waals surface area contributed by atoms with Crippen molar-refractivity contribution in [1.82, 2.24) is 9.29 Å². The maximum Gasteiger partial charge on any atom is 0.244 e. The minimum absolute atomic E-state index is 0.156. The van der Waals surface area contributed by atoms with E-state index < -0.39 is 10.0 Å². The van der Waals surface area contributed by atoms with Gasteiger partial charge in [-0.2, -0.15) is 4.31 Å². The Morgan fingerprint density at radius 2 is 1.71 bits per heavy atom. The Balaban J connectivity index is 2.42. The number of benzene rings is 1. The number of hydrogen-bond acceptors (Lipinski definition) is 3. The molecule has 4 nitrogen and oxygen atoms in total. The maximum atomic E-state index is 12.7. The average molecular weight is 304 g/mol. The van der Waals surface area contributed by atoms with E-state index in [0.717, 1.165) is 5.56 Å². The highest BCUT2D eigenvalue weighted by Crippen LogP contribution is 2.31. The van der Waals surface area contributed by atoms with Crippen molar-refractivity contribution in [1.29, 1.82) is 0 Å². The molecule has 21 heavy (non-hydrogen) atoms. The Hall–Kier alpha value is -1.72. The minimum Gasteiger partial charge on any atom is -0.263 e. The number of hydrogen-bond donors (Lipinski definition) is 0. The molecule has 1 unspecified atom stereocenters. The standard InChI is InChI=1S/C16H20N2O2S/c1-13(2)16(14-8-5-4-6-9-14)18(3)21(19,20)15-10-7-11-17-12-15/h4-13,16H,1-3H3. The molecule has 0 aliphatic rings. The van der Waals surface area contributed by atoms with E-state index in [2.05, 4.69) is 4.98 Å². The van der Waals surface area contributed by atoms with E-state index in [0.29, 0.717) is 0 Å². The Kier molecular flexibility index (Phi) is 4.75. The number of aromatic nitrogens is 1. The van der Waals surface area contributed by atoms with Crippen molar-refractivity contribution >= 4 is 10.0 Å². The van der Waals surface area contributed by atoms with Crippen LogP contribution in [0, 0.1) is 5.92 Å². The van der Waals surface area contributed by atoms with E-state index in [1.54, 1.807) is 25.4 Å². The van der Waals surface area contributed by atoms with Gasteiger partial charge < -0.3 is 0 Å². The van der Waals surface area contributed by atoms with Crippen LogP contribution in [0.1, 0.15) is 25.5 Å². The third kappa shape index (κ3) is 3.31. The van der Waals surface area contributed by atoms with E-state index in [4.69, 9.17) is 0 Å². The third-order valence-electron chi connectivity index (χ3n) is 3.48. The highest BCUT2D eigenvalue weighted by Gasteiger charge is 2.31. The molecule has 0 fully saturated rings. The summed E-state index contributed by atoms with van der Waals surface area (Å²) in [6, 6.07) is 12.7. The summed E-state index contributed by atoms with van der Waals surface area (Å²) < 4.78 is 26.9. The number of pyridine rings is 1. The molecule has 0 bridgehead atoms. The second-order valence-electron chi connectivity index (χ2n) is 5.31. The van der Waals surface area contributed by atoms with Crippen molar-refractivity contribution in [3.05, 3.63) is 60.4 Å². The number of rotatable bonds is 5. The molecule has 0 spiro atoms. The van der Waals surface area contributed by atoms with Gasteiger partial charge >= 0.3 is 0 Å². The van der Waals surface area contributed by atoms with Crippen LogP contribution in [-0.4, -0.2) is 24.8 Å². The molecular weight excluding hydrogens is 284 g/mol. The fourth-order valence-electron chi connectivity index (χ4n) is 2.48. The van der Waals surface area contributed by atoms with Crippen molar-refractivity contribution in [3.8, 4) is 0 Å². The summed E-state index contributed by atoms with van der Waals surface area (Å²) in [5.41, 5.74) is 0.988. The lowest BCUT2D eigenvalue weighted by atomic mass is 9.96. The van der Waals surface area contributed by atoms with E-state index >= 15 is 0 Å². The van der Waals surface area contributed by atoms with Gasteiger partial charge in [0.05, 0.1) is 6.04 Å². The average Bonchev–Trinajstić information content (AvgIpc) is 2.49. The van der Waals surface area contributed by atoms with Crippen molar-refractivity contribution in [2.24, 2.45) is 5.92 Å². The summed E-state index contributed by atoms with van der Waals surface area (Å²) in [4.78, 5) is 4.12. The molecule has 5 heteroatoms. The van der Waals surface area contributed by atoms with Gasteiger partial charge in [0.2, 0.25) is 10.0 Å². The zero-order valence-corrected chi connectivity index (χ0v) is 13.3. The largest absolute Gasteiger partial charge is 0.263 e. The van der Waals surface area contributed by atoms with Crippen molar-refractivity contribution < 1.29 is 8.42 Å². The summed E-state index contributed by atoms with van der Waals surface area (Å²) in [5.74, 6) is 0.156. The maximum absolute atomic E-state index is 12.7. The molecule has 0 N–H and O–H groups in total. The summed E-state index contributed by atoms with van der Waals surface area (Å²) in [5, 5.41) is 0. The summed E-state index contributed by atoms with van der Waals surface area (Å²) in [6.45, 7) is 4.04. The van der Waals surface area contributed by atoms with Gasteiger partial charge in [-0.1, -0.05) is 44.2 Å². The fraction of sp³-hybridized carbons (Fsp3) is 0.312. The molecule has 112 valence electrons. The lowest BCUT2D eigenvalue weighted by Crippen LogP contribution is -2.34. The fourth-order valence-corrected chi connectivity index (χ4v) is 3.92. The minimum atomic E-state index is -3.56. The summed E-state index contributed by atoms with van der Waals surface area (Å²) in [7, 11) is -1.94. The number of sulfonamides is 1. The first kappa shape index (κ1) is 15.7. The van der Waals surface area contributed by atoms with Crippen LogP contribution in [0.3, 0.4) is 0 Å². The summed E-state index contributed by atoms with van der Waals surface area (Å²) in [6.07, 6.45) is 2.95. The molecule has 2 aromatic rings. The molecule has 1 atom stereocenters. The van der Waals surface area contributed by atoms with E-state index in [1.807, 2.05) is 44.2 Å². The molecule has 0 saturated heterocycles. The molecule has 1 heterocycles. The quantitative estimate of drug-likeness (QED) is 0.853. The van der Waals surface area contributed by atoms with Gasteiger partial charge in [0.25, 0.3) is 0 Å². The van der Waals surface area contributed by atoms with Crippen LogP contribution in [0.5, 0.6) is 0 Å². The second-order valence-corrected chi connectivity index (χ2v) is 7.31. The topological polar surface area (TPSA) is 50.3 Å². The Labute approximate surface area is 126 Å². The predicted octanol–water partition coefficient (Wildman–Crippen LogP) is 3.10. The first-order valence-electron chi connectivity index (χ1n) is 6.87. The Morgan fingerprint density at radius 3 is 2.24 bits per heavy atom. The zero-order chi connectivity index (χ0) is 15.5. The first-order chi connectivity index (χ1) is 9.94. The molecule has 0 saturated carbocycles. The molecule has 1 aromatic heterocycles. The Bertz CT molecular complexity index is 670. The lowest BCUT2D eigenvalue weighted by molar-refractivity contribution is 0.300. The van der Waals surface area contributed by atoms with Gasteiger partial charge in [-0.25, -0.2) is 8.42 Å². The molecule has 2 rings (SSSR count). The van der Waals surface area contributed by atoms with Crippen LogP contribution in [0.2, 0.25) is 0 Å². The van der Waals surface area contributed by atoms with Crippen LogP contribution in [0.15, 0.2) is 59.8 Å². The van der Waals surface area contributed by atoms with Crippen LogP contribution >= 0.6 is 0 Å². The monoisotopic (exact) mass is 304 g/mol. The SMILES string of the molecule is CC(C)C(c1ccccc1)N(C)S(=O)(=O)c1cccnc1. The molecule has 1 aromatic carbocycles. The van der Waals surface area contributed by atoms with Gasteiger partial charge in [-0.15, -0.1) is 0 Å². The second kappa shape index (κ2) is 6.37. The van der Waals surface area contributed by atoms with Gasteiger partial charge in [0.1, 0.15) is 4.90 Å².